The predicted molar refractivity (Wildman–Crippen MR) is 72.9 cm³/mol. The number of hydrogen-bond acceptors (Lipinski definition) is 4. The number of carbonyl (C=O) groups excluding carboxylic acids is 2. The van der Waals surface area contributed by atoms with Crippen LogP contribution >= 0.6 is 0 Å². The first-order valence-electron chi connectivity index (χ1n) is 5.95. The van der Waals surface area contributed by atoms with E-state index in [9.17, 15) is 14.9 Å². The molecule has 0 saturated heterocycles. The molecule has 1 heterocycles. The second-order valence-electron chi connectivity index (χ2n) is 5.35. The van der Waals surface area contributed by atoms with Crippen molar-refractivity contribution in [2.75, 3.05) is 12.5 Å². The van der Waals surface area contributed by atoms with Crippen LogP contribution in [0.15, 0.2) is 0 Å². The van der Waals surface area contributed by atoms with E-state index in [-0.39, 0.29) is 11.1 Å². The Balaban J connectivity index is 3.75. The number of amides is 2. The lowest BCUT2D eigenvalue weighted by atomic mass is 9.89. The van der Waals surface area contributed by atoms with Crippen molar-refractivity contribution in [1.82, 2.24) is 4.68 Å². The molecule has 0 aromatic carbocycles. The van der Waals surface area contributed by atoms with Gasteiger partial charge in [-0.25, -0.2) is 15.0 Å². The molecule has 1 rings (SSSR count). The van der Waals surface area contributed by atoms with Crippen molar-refractivity contribution < 1.29 is 14.3 Å². The molecule has 0 aliphatic heterocycles. The number of carbonyl (C=O) groups is 2. The number of methoxy groups -OCH3 is 1. The first-order valence-corrected chi connectivity index (χ1v) is 5.95. The smallest absolute Gasteiger partial charge is 0.341 e. The van der Waals surface area contributed by atoms with Crippen molar-refractivity contribution in [3.63, 3.8) is 0 Å². The van der Waals surface area contributed by atoms with E-state index in [0.717, 1.165) is 0 Å². The highest BCUT2D eigenvalue weighted by Crippen LogP contribution is 2.31. The Labute approximate surface area is 117 Å². The lowest BCUT2D eigenvalue weighted by molar-refractivity contribution is 0.0599. The van der Waals surface area contributed by atoms with E-state index in [1.807, 2.05) is 26.8 Å². The summed E-state index contributed by atoms with van der Waals surface area (Å²) in [4.78, 5) is 23.0. The van der Waals surface area contributed by atoms with E-state index < -0.39 is 17.4 Å². The molecule has 0 fully saturated rings. The van der Waals surface area contributed by atoms with Crippen molar-refractivity contribution in [3.8, 4) is 6.07 Å². The van der Waals surface area contributed by atoms with E-state index in [1.54, 1.807) is 6.92 Å². The largest absolute Gasteiger partial charge is 0.465 e. The van der Waals surface area contributed by atoms with Gasteiger partial charge in [0.15, 0.2) is 0 Å². The summed E-state index contributed by atoms with van der Waals surface area (Å²) in [7, 11) is 1.23. The van der Waals surface area contributed by atoms with Crippen molar-refractivity contribution in [2.45, 2.75) is 33.1 Å². The highest BCUT2D eigenvalue weighted by molar-refractivity contribution is 5.95. The lowest BCUT2D eigenvalue weighted by Gasteiger charge is -2.22. The Kier molecular flexibility index (Phi) is 4.08. The molecule has 108 valence electrons. The molecule has 0 aliphatic rings. The van der Waals surface area contributed by atoms with Crippen LogP contribution in [-0.4, -0.2) is 23.8 Å². The van der Waals surface area contributed by atoms with Crippen molar-refractivity contribution >= 4 is 12.0 Å². The van der Waals surface area contributed by atoms with Gasteiger partial charge in [0.25, 0.3) is 0 Å². The van der Waals surface area contributed by atoms with Crippen LogP contribution < -0.4 is 11.2 Å². The van der Waals surface area contributed by atoms with E-state index in [2.05, 4.69) is 5.43 Å². The number of ether oxygens (including phenoxy) is 1. The molecule has 0 unspecified atom stereocenters. The maximum absolute atomic E-state index is 11.9. The molecule has 20 heavy (non-hydrogen) atoms. The SMILES string of the molecule is COC(=O)c1c(C#N)c(C(C)(C)C)n(NC(N)=O)c1C. The van der Waals surface area contributed by atoms with Crippen LogP contribution in [0.2, 0.25) is 0 Å². The summed E-state index contributed by atoms with van der Waals surface area (Å²) in [5.74, 6) is -0.630. The molecule has 0 bridgehead atoms. The fraction of sp³-hybridized carbons (Fsp3) is 0.462. The fourth-order valence-corrected chi connectivity index (χ4v) is 2.11. The van der Waals surface area contributed by atoms with Gasteiger partial charge in [0.05, 0.1) is 24.1 Å². The van der Waals surface area contributed by atoms with Gasteiger partial charge in [-0.15, -0.1) is 0 Å². The number of urea groups is 1. The zero-order valence-corrected chi connectivity index (χ0v) is 12.2. The minimum Gasteiger partial charge on any atom is -0.465 e. The molecule has 3 N–H and O–H groups in total. The second-order valence-corrected chi connectivity index (χ2v) is 5.35. The number of esters is 1. The van der Waals surface area contributed by atoms with Crippen molar-refractivity contribution in [2.24, 2.45) is 5.73 Å². The van der Waals surface area contributed by atoms with E-state index in [0.29, 0.717) is 11.4 Å². The molecule has 0 saturated carbocycles. The van der Waals surface area contributed by atoms with E-state index in [1.165, 1.54) is 11.8 Å². The van der Waals surface area contributed by atoms with Gasteiger partial charge in [-0.05, 0) is 6.92 Å². The number of nitriles is 1. The lowest BCUT2D eigenvalue weighted by Crippen LogP contribution is -2.33. The average molecular weight is 278 g/mol. The number of primary amides is 1. The van der Waals surface area contributed by atoms with Gasteiger partial charge in [0.2, 0.25) is 0 Å². The van der Waals surface area contributed by atoms with Gasteiger partial charge in [-0.2, -0.15) is 5.26 Å². The molecular formula is C13H18N4O3. The Morgan fingerprint density at radius 3 is 2.30 bits per heavy atom. The Hall–Kier alpha value is -2.49. The van der Waals surface area contributed by atoms with Crippen LogP contribution in [0, 0.1) is 18.3 Å². The minimum atomic E-state index is -0.783. The number of nitrogens with zero attached hydrogens (tertiary/aromatic N) is 2. The van der Waals surface area contributed by atoms with Crippen LogP contribution in [0.4, 0.5) is 4.79 Å². The number of rotatable bonds is 2. The third-order valence-corrected chi connectivity index (χ3v) is 2.84. The summed E-state index contributed by atoms with van der Waals surface area (Å²) >= 11 is 0. The van der Waals surface area contributed by atoms with Crippen LogP contribution in [0.5, 0.6) is 0 Å². The molecule has 0 aliphatic carbocycles. The van der Waals surface area contributed by atoms with Gasteiger partial charge in [-0.3, -0.25) is 4.68 Å². The second kappa shape index (κ2) is 5.25. The Morgan fingerprint density at radius 2 is 1.95 bits per heavy atom. The Morgan fingerprint density at radius 1 is 1.40 bits per heavy atom. The highest BCUT2D eigenvalue weighted by atomic mass is 16.5. The van der Waals surface area contributed by atoms with Gasteiger partial charge in [0, 0.05) is 5.41 Å². The molecule has 2 amide bonds. The molecule has 0 spiro atoms. The monoisotopic (exact) mass is 278 g/mol. The summed E-state index contributed by atoms with van der Waals surface area (Å²) in [5, 5.41) is 9.36. The summed E-state index contributed by atoms with van der Waals surface area (Å²) in [6.45, 7) is 7.20. The zero-order chi connectivity index (χ0) is 15.7. The maximum atomic E-state index is 11.9. The number of nitrogens with one attached hydrogen (secondary N) is 1. The summed E-state index contributed by atoms with van der Waals surface area (Å²) < 4.78 is 6.07. The standard InChI is InChI=1S/C13H18N4O3/c1-7-9(11(18)20-5)8(6-14)10(13(2,3)4)17(7)16-12(15)19/h1-5H3,(H3,15,16,19). The quantitative estimate of drug-likeness (QED) is 0.796. The third kappa shape index (κ3) is 2.59. The van der Waals surface area contributed by atoms with Gasteiger partial charge in [-0.1, -0.05) is 20.8 Å². The number of nitrogens with two attached hydrogens (primary N) is 1. The molecule has 0 atom stereocenters. The minimum absolute atomic E-state index is 0.133. The van der Waals surface area contributed by atoms with Gasteiger partial charge < -0.3 is 10.5 Å². The first-order chi connectivity index (χ1) is 9.15. The number of aromatic nitrogens is 1. The summed E-state index contributed by atoms with van der Waals surface area (Å²) in [5.41, 5.74) is 8.29. The van der Waals surface area contributed by atoms with Gasteiger partial charge >= 0.3 is 12.0 Å². The predicted octanol–water partition coefficient (Wildman–Crippen LogP) is 1.37. The molecule has 1 aromatic heterocycles. The molecule has 0 radical (unpaired) electrons. The fourth-order valence-electron chi connectivity index (χ4n) is 2.11. The summed E-state index contributed by atoms with van der Waals surface area (Å²) in [6, 6.07) is 1.22. The van der Waals surface area contributed by atoms with E-state index in [4.69, 9.17) is 10.5 Å². The number of hydrogen-bond donors (Lipinski definition) is 2. The molecule has 1 aromatic rings. The highest BCUT2D eigenvalue weighted by Gasteiger charge is 2.32. The normalized spacial score (nSPS) is 10.8. The van der Waals surface area contributed by atoms with Crippen LogP contribution in [0.1, 0.15) is 48.1 Å². The zero-order valence-electron chi connectivity index (χ0n) is 12.2. The van der Waals surface area contributed by atoms with Crippen molar-refractivity contribution in [1.29, 1.82) is 5.26 Å². The van der Waals surface area contributed by atoms with E-state index >= 15 is 0 Å². The van der Waals surface area contributed by atoms with Gasteiger partial charge in [0.1, 0.15) is 11.6 Å². The Bertz CT molecular complexity index is 603. The van der Waals surface area contributed by atoms with Crippen LogP contribution in [0.25, 0.3) is 0 Å². The maximum Gasteiger partial charge on any atom is 0.341 e. The van der Waals surface area contributed by atoms with Crippen LogP contribution in [0.3, 0.4) is 0 Å². The average Bonchev–Trinajstić information content (AvgIpc) is 2.60. The van der Waals surface area contributed by atoms with Crippen LogP contribution in [-0.2, 0) is 10.2 Å². The molecule has 7 heteroatoms. The van der Waals surface area contributed by atoms with Crippen molar-refractivity contribution in [3.05, 3.63) is 22.5 Å². The molecular weight excluding hydrogens is 260 g/mol. The third-order valence-electron chi connectivity index (χ3n) is 2.84. The topological polar surface area (TPSA) is 110 Å². The first kappa shape index (κ1) is 15.6. The summed E-state index contributed by atoms with van der Waals surface area (Å²) in [6.07, 6.45) is 0. The molecule has 7 nitrogen and oxygen atoms in total.